The molecule has 0 bridgehead atoms. The Balaban J connectivity index is 1.64. The first-order valence-corrected chi connectivity index (χ1v) is 8.81. The third-order valence-corrected chi connectivity index (χ3v) is 4.92. The molecule has 2 atom stereocenters. The Bertz CT molecular complexity index is 640. The minimum Gasteiger partial charge on any atom is -0.396 e. The highest BCUT2D eigenvalue weighted by Crippen LogP contribution is 2.22. The number of amides is 3. The second-order valence-electron chi connectivity index (χ2n) is 6.75. The number of carbonyl (C=O) groups excluding carboxylic acids is 2. The summed E-state index contributed by atoms with van der Waals surface area (Å²) < 4.78 is 13.4. The molecule has 2 fully saturated rings. The van der Waals surface area contributed by atoms with E-state index in [0.29, 0.717) is 31.7 Å². The van der Waals surface area contributed by atoms with Crippen molar-refractivity contribution < 1.29 is 19.1 Å². The lowest BCUT2D eigenvalue weighted by atomic mass is 9.99. The molecule has 0 aromatic heterocycles. The van der Waals surface area contributed by atoms with Crippen LogP contribution >= 0.6 is 0 Å². The first-order valence-electron chi connectivity index (χ1n) is 8.81. The first-order chi connectivity index (χ1) is 12.1. The minimum absolute atomic E-state index is 0.0689. The zero-order chi connectivity index (χ0) is 17.8. The summed E-state index contributed by atoms with van der Waals surface area (Å²) in [5, 5.41) is 12.1. The molecular formula is C18H24FN3O3. The molecule has 0 aliphatic carbocycles. The van der Waals surface area contributed by atoms with Gasteiger partial charge in [-0.15, -0.1) is 0 Å². The maximum atomic E-state index is 13.4. The second-order valence-corrected chi connectivity index (χ2v) is 6.75. The molecule has 2 saturated heterocycles. The lowest BCUT2D eigenvalue weighted by molar-refractivity contribution is -0.121. The predicted octanol–water partition coefficient (Wildman–Crippen LogP) is 1.74. The average Bonchev–Trinajstić information content (AvgIpc) is 2.63. The number of aliphatic hydroxyl groups is 1. The number of nitrogens with one attached hydrogen (secondary N) is 1. The molecule has 0 spiro atoms. The van der Waals surface area contributed by atoms with Crippen LogP contribution in [0.5, 0.6) is 0 Å². The molecule has 3 rings (SSSR count). The summed E-state index contributed by atoms with van der Waals surface area (Å²) in [4.78, 5) is 28.4. The number of aliphatic hydroxyl groups excluding tert-OH is 1. The number of carbonyl (C=O) groups is 2. The molecule has 7 heteroatoms. The van der Waals surface area contributed by atoms with Crippen LogP contribution in [0.4, 0.5) is 14.9 Å². The summed E-state index contributed by atoms with van der Waals surface area (Å²) in [7, 11) is 0. The summed E-state index contributed by atoms with van der Waals surface area (Å²) in [6.45, 7) is 1.73. The molecule has 25 heavy (non-hydrogen) atoms. The molecule has 6 nitrogen and oxygen atoms in total. The van der Waals surface area contributed by atoms with Crippen molar-refractivity contribution in [2.24, 2.45) is 5.92 Å². The van der Waals surface area contributed by atoms with Crippen molar-refractivity contribution in [1.29, 1.82) is 0 Å². The van der Waals surface area contributed by atoms with Crippen LogP contribution in [0.25, 0.3) is 0 Å². The predicted molar refractivity (Wildman–Crippen MR) is 91.7 cm³/mol. The molecule has 2 unspecified atom stereocenters. The third-order valence-electron chi connectivity index (χ3n) is 4.92. The van der Waals surface area contributed by atoms with Gasteiger partial charge in [-0.3, -0.25) is 4.79 Å². The summed E-state index contributed by atoms with van der Waals surface area (Å²) in [5.41, 5.74) is 0.516. The molecule has 1 aromatic carbocycles. The Hall–Kier alpha value is -2.15. The van der Waals surface area contributed by atoms with Gasteiger partial charge in [0.05, 0.1) is 0 Å². The number of rotatable bonds is 3. The topological polar surface area (TPSA) is 72.9 Å². The Morgan fingerprint density at radius 2 is 2.08 bits per heavy atom. The largest absolute Gasteiger partial charge is 0.396 e. The van der Waals surface area contributed by atoms with E-state index in [1.165, 1.54) is 17.0 Å². The maximum Gasteiger partial charge on any atom is 0.318 e. The van der Waals surface area contributed by atoms with Crippen LogP contribution in [-0.2, 0) is 4.79 Å². The highest BCUT2D eigenvalue weighted by molar-refractivity contribution is 5.99. The number of urea groups is 1. The van der Waals surface area contributed by atoms with Crippen molar-refractivity contribution in [2.45, 2.75) is 31.7 Å². The Labute approximate surface area is 146 Å². The maximum absolute atomic E-state index is 13.4. The normalized spacial score (nSPS) is 24.3. The van der Waals surface area contributed by atoms with Gasteiger partial charge in [0, 0.05) is 31.9 Å². The van der Waals surface area contributed by atoms with Crippen molar-refractivity contribution in [3.8, 4) is 0 Å². The highest BCUT2D eigenvalue weighted by atomic mass is 19.1. The molecular weight excluding hydrogens is 325 g/mol. The number of hydrogen-bond donors (Lipinski definition) is 2. The monoisotopic (exact) mass is 349 g/mol. The lowest BCUT2D eigenvalue weighted by Gasteiger charge is -2.36. The van der Waals surface area contributed by atoms with Gasteiger partial charge in [-0.25, -0.2) is 9.18 Å². The fourth-order valence-corrected chi connectivity index (χ4v) is 3.55. The Morgan fingerprint density at radius 3 is 2.84 bits per heavy atom. The third kappa shape index (κ3) is 4.10. The van der Waals surface area contributed by atoms with Gasteiger partial charge in [0.1, 0.15) is 11.9 Å². The molecule has 2 aliphatic rings. The fraction of sp³-hybridized carbons (Fsp3) is 0.556. The molecule has 1 aromatic rings. The summed E-state index contributed by atoms with van der Waals surface area (Å²) in [6.07, 6.45) is 3.09. The standard InChI is InChI=1S/C18H24FN3O3/c19-14-5-1-6-15(10-14)22-9-3-7-16(17(22)24)20-18(25)21-8-2-4-13(11-21)12-23/h1,5-6,10,13,16,23H,2-4,7-9,11-12H2,(H,20,25). The van der Waals surface area contributed by atoms with Crippen molar-refractivity contribution in [3.63, 3.8) is 0 Å². The van der Waals surface area contributed by atoms with Gasteiger partial charge < -0.3 is 20.2 Å². The highest BCUT2D eigenvalue weighted by Gasteiger charge is 2.33. The average molecular weight is 349 g/mol. The van der Waals surface area contributed by atoms with Crippen molar-refractivity contribution in [1.82, 2.24) is 10.2 Å². The molecule has 2 aliphatic heterocycles. The first kappa shape index (κ1) is 17.7. The van der Waals surface area contributed by atoms with Gasteiger partial charge in [0.15, 0.2) is 0 Å². The van der Waals surface area contributed by atoms with Gasteiger partial charge in [-0.1, -0.05) is 6.07 Å². The van der Waals surface area contributed by atoms with Crippen molar-refractivity contribution in [2.75, 3.05) is 31.1 Å². The molecule has 3 amide bonds. The zero-order valence-corrected chi connectivity index (χ0v) is 14.2. The van der Waals surface area contributed by atoms with E-state index >= 15 is 0 Å². The van der Waals surface area contributed by atoms with Crippen LogP contribution in [-0.4, -0.2) is 54.2 Å². The van der Waals surface area contributed by atoms with Crippen LogP contribution in [0, 0.1) is 11.7 Å². The van der Waals surface area contributed by atoms with Crippen molar-refractivity contribution in [3.05, 3.63) is 30.1 Å². The van der Waals surface area contributed by atoms with Crippen LogP contribution in [0.2, 0.25) is 0 Å². The number of likely N-dealkylation sites (tertiary alicyclic amines) is 1. The molecule has 2 N–H and O–H groups in total. The van der Waals surface area contributed by atoms with E-state index < -0.39 is 6.04 Å². The SMILES string of the molecule is O=C(NC1CCCN(c2cccc(F)c2)C1=O)N1CCCC(CO)C1. The Morgan fingerprint density at radius 1 is 1.28 bits per heavy atom. The lowest BCUT2D eigenvalue weighted by Crippen LogP contribution is -2.56. The molecule has 136 valence electrons. The van der Waals surface area contributed by atoms with E-state index in [0.717, 1.165) is 19.3 Å². The number of benzene rings is 1. The van der Waals surface area contributed by atoms with Gasteiger partial charge in [-0.2, -0.15) is 0 Å². The molecule has 0 saturated carbocycles. The number of anilines is 1. The van der Waals surface area contributed by atoms with Crippen molar-refractivity contribution >= 4 is 17.6 Å². The van der Waals surface area contributed by atoms with Gasteiger partial charge in [-0.05, 0) is 49.8 Å². The summed E-state index contributed by atoms with van der Waals surface area (Å²) >= 11 is 0. The van der Waals surface area contributed by atoms with Gasteiger partial charge in [0.25, 0.3) is 0 Å². The van der Waals surface area contributed by atoms with Crippen LogP contribution < -0.4 is 10.2 Å². The smallest absolute Gasteiger partial charge is 0.318 e. The molecule has 0 radical (unpaired) electrons. The minimum atomic E-state index is -0.598. The number of nitrogens with zero attached hydrogens (tertiary/aromatic N) is 2. The number of hydrogen-bond acceptors (Lipinski definition) is 3. The Kier molecular flexibility index (Phi) is 5.53. The fourth-order valence-electron chi connectivity index (χ4n) is 3.55. The second kappa shape index (κ2) is 7.82. The van der Waals surface area contributed by atoms with E-state index in [4.69, 9.17) is 0 Å². The molecule has 2 heterocycles. The van der Waals surface area contributed by atoms with Crippen LogP contribution in [0.3, 0.4) is 0 Å². The van der Waals surface area contributed by atoms with E-state index in [9.17, 15) is 19.1 Å². The van der Waals surface area contributed by atoms with Gasteiger partial charge >= 0.3 is 6.03 Å². The van der Waals surface area contributed by atoms with E-state index in [1.54, 1.807) is 17.0 Å². The zero-order valence-electron chi connectivity index (χ0n) is 14.2. The summed E-state index contributed by atoms with van der Waals surface area (Å²) in [6, 6.07) is 5.07. The quantitative estimate of drug-likeness (QED) is 0.873. The van der Waals surface area contributed by atoms with Crippen LogP contribution in [0.1, 0.15) is 25.7 Å². The van der Waals surface area contributed by atoms with Crippen LogP contribution in [0.15, 0.2) is 24.3 Å². The number of piperidine rings is 2. The van der Waals surface area contributed by atoms with E-state index in [-0.39, 0.29) is 30.3 Å². The van der Waals surface area contributed by atoms with E-state index in [1.807, 2.05) is 0 Å². The van der Waals surface area contributed by atoms with E-state index in [2.05, 4.69) is 5.32 Å². The number of halogens is 1. The van der Waals surface area contributed by atoms with Gasteiger partial charge in [0.2, 0.25) is 5.91 Å². The summed E-state index contributed by atoms with van der Waals surface area (Å²) in [5.74, 6) is -0.494.